The molecule has 252 valence electrons. The van der Waals surface area contributed by atoms with Crippen LogP contribution in [0.25, 0.3) is 10.8 Å². The van der Waals surface area contributed by atoms with Gasteiger partial charge in [0, 0.05) is 43.5 Å². The Labute approximate surface area is 284 Å². The van der Waals surface area contributed by atoms with Crippen LogP contribution >= 0.6 is 11.3 Å². The second-order valence-electron chi connectivity index (χ2n) is 13.6. The molecule has 3 amide bonds. The maximum atomic E-state index is 14.5. The van der Waals surface area contributed by atoms with Crippen molar-refractivity contribution < 1.29 is 14.4 Å². The Morgan fingerprint density at radius 1 is 1.04 bits per heavy atom. The van der Waals surface area contributed by atoms with Crippen molar-refractivity contribution in [2.24, 2.45) is 5.73 Å². The fourth-order valence-electron chi connectivity index (χ4n) is 6.93. The number of thiophene rings is 1. The third kappa shape index (κ3) is 9.09. The summed E-state index contributed by atoms with van der Waals surface area (Å²) >= 11 is 1.65. The van der Waals surface area contributed by atoms with Crippen LogP contribution < -0.4 is 11.1 Å². The molecule has 8 nitrogen and oxygen atoms in total. The van der Waals surface area contributed by atoms with Gasteiger partial charge in [0.25, 0.3) is 0 Å². The number of hydrogen-bond donors (Lipinski definition) is 2. The summed E-state index contributed by atoms with van der Waals surface area (Å²) in [5.41, 5.74) is 7.11. The Kier molecular flexibility index (Phi) is 11.9. The zero-order valence-electron chi connectivity index (χ0n) is 28.2. The molecule has 47 heavy (non-hydrogen) atoms. The molecule has 1 saturated heterocycles. The quantitative estimate of drug-likeness (QED) is 0.220. The van der Waals surface area contributed by atoms with E-state index >= 15 is 0 Å². The number of nitrogens with two attached hydrogens (primary N) is 1. The molecule has 1 aliphatic heterocycles. The van der Waals surface area contributed by atoms with E-state index in [4.69, 9.17) is 5.73 Å². The molecule has 1 aromatic heterocycles. The van der Waals surface area contributed by atoms with Crippen molar-refractivity contribution in [1.29, 1.82) is 0 Å². The predicted molar refractivity (Wildman–Crippen MR) is 191 cm³/mol. The van der Waals surface area contributed by atoms with Crippen LogP contribution in [0.2, 0.25) is 0 Å². The first-order valence-corrected chi connectivity index (χ1v) is 18.0. The Bertz CT molecular complexity index is 1540. The van der Waals surface area contributed by atoms with Crippen LogP contribution in [0.15, 0.2) is 72.1 Å². The molecule has 0 spiro atoms. The number of likely N-dealkylation sites (tertiary alicyclic amines) is 1. The van der Waals surface area contributed by atoms with E-state index in [9.17, 15) is 14.4 Å². The molecule has 1 unspecified atom stereocenters. The minimum absolute atomic E-state index is 0.148. The van der Waals surface area contributed by atoms with E-state index < -0.39 is 12.1 Å². The van der Waals surface area contributed by atoms with E-state index in [1.807, 2.05) is 35.7 Å². The number of amides is 3. The summed E-state index contributed by atoms with van der Waals surface area (Å²) < 4.78 is 0. The van der Waals surface area contributed by atoms with Gasteiger partial charge in [-0.15, -0.1) is 11.3 Å². The molecule has 2 aromatic carbocycles. The molecule has 2 fully saturated rings. The highest BCUT2D eigenvalue weighted by Crippen LogP contribution is 2.32. The standard InChI is InChI=1S/C38H51N5O3S/c1-41-24-7-12-31(41)19-23-40-36(45)33(18-17-32-13-8-25-47-32)43(3)37(46)34(27-28-15-16-29-10-4-5-11-30(29)26-28)42(2)35(44)14-6-20-38(39)21-9-22-38/h4-6,8,10-11,13-16,25-26,31,33-34H,7,9,12,17-24,27,39H2,1-3H3,(H,40,45)/b14-6+/t31?,33-,34-/m1/s1. The summed E-state index contributed by atoms with van der Waals surface area (Å²) in [6.07, 6.45) is 11.8. The van der Waals surface area contributed by atoms with Crippen LogP contribution in [0, 0.1) is 0 Å². The summed E-state index contributed by atoms with van der Waals surface area (Å²) in [5, 5.41) is 7.37. The number of hydrogen-bond acceptors (Lipinski definition) is 6. The Morgan fingerprint density at radius 3 is 2.51 bits per heavy atom. The maximum absolute atomic E-state index is 14.5. The highest BCUT2D eigenvalue weighted by atomic mass is 32.1. The van der Waals surface area contributed by atoms with Gasteiger partial charge in [-0.2, -0.15) is 0 Å². The van der Waals surface area contributed by atoms with Gasteiger partial charge in [-0.05, 0) is 105 Å². The van der Waals surface area contributed by atoms with E-state index in [1.54, 1.807) is 36.4 Å². The SMILES string of the molecule is CN1CCCC1CCNC(=O)[C@@H](CCc1cccs1)N(C)C(=O)[C@@H](Cc1ccc2ccccc2c1)N(C)C(=O)/C=C/CC1(N)CCC1. The maximum Gasteiger partial charge on any atom is 0.246 e. The Balaban J connectivity index is 1.35. The molecular formula is C38H51N5O3S. The fraction of sp³-hybridized carbons (Fsp3) is 0.500. The molecule has 1 aliphatic carbocycles. The molecule has 5 rings (SSSR count). The van der Waals surface area contributed by atoms with Gasteiger partial charge in [0.15, 0.2) is 0 Å². The summed E-state index contributed by atoms with van der Waals surface area (Å²) in [6, 6.07) is 17.3. The second-order valence-corrected chi connectivity index (χ2v) is 14.6. The van der Waals surface area contributed by atoms with Gasteiger partial charge in [-0.25, -0.2) is 0 Å². The second kappa shape index (κ2) is 16.0. The Morgan fingerprint density at radius 2 is 1.83 bits per heavy atom. The number of nitrogens with zero attached hydrogens (tertiary/aromatic N) is 3. The smallest absolute Gasteiger partial charge is 0.246 e. The molecule has 1 saturated carbocycles. The highest BCUT2D eigenvalue weighted by molar-refractivity contribution is 7.09. The first-order valence-electron chi connectivity index (χ1n) is 17.1. The van der Waals surface area contributed by atoms with Gasteiger partial charge >= 0.3 is 0 Å². The third-order valence-electron chi connectivity index (χ3n) is 10.3. The van der Waals surface area contributed by atoms with Crippen LogP contribution in [0.3, 0.4) is 0 Å². The summed E-state index contributed by atoms with van der Waals surface area (Å²) in [5.74, 6) is -0.649. The number of benzene rings is 2. The number of carbonyl (C=O) groups is 3. The Hall–Kier alpha value is -3.53. The number of likely N-dealkylation sites (N-methyl/N-ethyl adjacent to an activating group) is 2. The lowest BCUT2D eigenvalue weighted by Crippen LogP contribution is -2.55. The van der Waals surface area contributed by atoms with E-state index in [2.05, 4.69) is 47.6 Å². The number of fused-ring (bicyclic) bond motifs is 1. The molecule has 0 radical (unpaired) electrons. The van der Waals surface area contributed by atoms with Crippen molar-refractivity contribution in [2.75, 3.05) is 34.2 Å². The number of nitrogens with one attached hydrogen (secondary N) is 1. The van der Waals surface area contributed by atoms with Crippen LogP contribution in [-0.4, -0.2) is 90.3 Å². The average Bonchev–Trinajstić information content (AvgIpc) is 3.73. The van der Waals surface area contributed by atoms with E-state index in [-0.39, 0.29) is 23.3 Å². The molecule has 3 aromatic rings. The molecule has 2 heterocycles. The van der Waals surface area contributed by atoms with Crippen molar-refractivity contribution in [2.45, 2.75) is 87.9 Å². The molecule has 3 N–H and O–H groups in total. The van der Waals surface area contributed by atoms with Gasteiger partial charge < -0.3 is 25.8 Å². The predicted octanol–water partition coefficient (Wildman–Crippen LogP) is 5.16. The molecule has 3 atom stereocenters. The molecule has 2 aliphatic rings. The summed E-state index contributed by atoms with van der Waals surface area (Å²) in [4.78, 5) is 48.4. The molecule has 9 heteroatoms. The number of rotatable bonds is 15. The van der Waals surface area contributed by atoms with Crippen molar-refractivity contribution in [1.82, 2.24) is 20.0 Å². The molecule has 0 bridgehead atoms. The number of carbonyl (C=O) groups excluding carboxylic acids is 3. The van der Waals surface area contributed by atoms with Gasteiger partial charge in [-0.1, -0.05) is 54.6 Å². The topological polar surface area (TPSA) is 99.0 Å². The number of aryl methyl sites for hydroxylation is 1. The summed E-state index contributed by atoms with van der Waals surface area (Å²) in [6.45, 7) is 1.66. The van der Waals surface area contributed by atoms with Crippen molar-refractivity contribution >= 4 is 39.8 Å². The van der Waals surface area contributed by atoms with E-state index in [0.717, 1.165) is 55.0 Å². The fourth-order valence-corrected chi connectivity index (χ4v) is 7.65. The van der Waals surface area contributed by atoms with Gasteiger partial charge in [-0.3, -0.25) is 14.4 Å². The van der Waals surface area contributed by atoms with E-state index in [0.29, 0.717) is 38.3 Å². The average molecular weight is 658 g/mol. The zero-order valence-corrected chi connectivity index (χ0v) is 29.0. The third-order valence-corrected chi connectivity index (χ3v) is 11.2. The first kappa shape index (κ1) is 34.8. The minimum atomic E-state index is -0.793. The first-order chi connectivity index (χ1) is 22.6. The molecular weight excluding hydrogens is 607 g/mol. The highest BCUT2D eigenvalue weighted by Gasteiger charge is 2.35. The van der Waals surface area contributed by atoms with Crippen LogP contribution in [0.5, 0.6) is 0 Å². The van der Waals surface area contributed by atoms with Crippen molar-refractivity contribution in [3.63, 3.8) is 0 Å². The van der Waals surface area contributed by atoms with Crippen LogP contribution in [0.4, 0.5) is 0 Å². The minimum Gasteiger partial charge on any atom is -0.354 e. The van der Waals surface area contributed by atoms with Crippen LogP contribution in [-0.2, 0) is 27.2 Å². The van der Waals surface area contributed by atoms with Crippen LogP contribution in [0.1, 0.15) is 61.8 Å². The van der Waals surface area contributed by atoms with E-state index in [1.165, 1.54) is 16.2 Å². The lowest BCUT2D eigenvalue weighted by Gasteiger charge is -2.37. The zero-order chi connectivity index (χ0) is 33.4. The largest absolute Gasteiger partial charge is 0.354 e. The lowest BCUT2D eigenvalue weighted by atomic mass is 9.75. The van der Waals surface area contributed by atoms with Gasteiger partial charge in [0.2, 0.25) is 17.7 Å². The normalized spacial score (nSPS) is 18.9. The van der Waals surface area contributed by atoms with Crippen molar-refractivity contribution in [3.05, 3.63) is 82.6 Å². The van der Waals surface area contributed by atoms with Gasteiger partial charge in [0.1, 0.15) is 12.1 Å². The van der Waals surface area contributed by atoms with Crippen molar-refractivity contribution in [3.8, 4) is 0 Å². The monoisotopic (exact) mass is 657 g/mol. The lowest BCUT2D eigenvalue weighted by molar-refractivity contribution is -0.146. The summed E-state index contributed by atoms with van der Waals surface area (Å²) in [7, 11) is 5.53. The van der Waals surface area contributed by atoms with Gasteiger partial charge in [0.05, 0.1) is 0 Å².